The molecule has 10 heteroatoms. The maximum atomic E-state index is 11.3. The molecule has 1 atom stereocenters. The Morgan fingerprint density at radius 1 is 0.837 bits per heavy atom. The minimum Gasteiger partial charge on any atom is -0.473 e. The van der Waals surface area contributed by atoms with E-state index in [1.807, 2.05) is 84.5 Å². The number of ether oxygens (including phenoxy) is 2. The van der Waals surface area contributed by atoms with Crippen molar-refractivity contribution in [3.63, 3.8) is 0 Å². The maximum Gasteiger partial charge on any atom is 0.407 e. The molecule has 254 valence electrons. The second kappa shape index (κ2) is 14.6. The van der Waals surface area contributed by atoms with E-state index < -0.39 is 6.09 Å². The lowest BCUT2D eigenvalue weighted by Crippen LogP contribution is -2.54. The number of amides is 1. The van der Waals surface area contributed by atoms with Gasteiger partial charge in [-0.25, -0.2) is 4.79 Å². The number of likely N-dealkylation sites (tertiary alicyclic amines) is 1. The van der Waals surface area contributed by atoms with Crippen molar-refractivity contribution in [1.82, 2.24) is 24.6 Å². The zero-order valence-corrected chi connectivity index (χ0v) is 28.2. The average Bonchev–Trinajstić information content (AvgIpc) is 3.48. The number of benzene rings is 3. The van der Waals surface area contributed by atoms with Crippen LogP contribution in [0.25, 0.3) is 22.2 Å². The van der Waals surface area contributed by atoms with E-state index in [0.717, 1.165) is 72.3 Å². The number of rotatable bonds is 10. The largest absolute Gasteiger partial charge is 0.473 e. The van der Waals surface area contributed by atoms with Crippen LogP contribution in [0.3, 0.4) is 0 Å². The second-order valence-electron chi connectivity index (χ2n) is 13.2. The Kier molecular flexibility index (Phi) is 9.65. The maximum absolute atomic E-state index is 11.3. The third-order valence-corrected chi connectivity index (χ3v) is 9.86. The van der Waals surface area contributed by atoms with Crippen LogP contribution >= 0.6 is 0 Å². The fraction of sp³-hybridized carbons (Fsp3) is 0.359. The van der Waals surface area contributed by atoms with Gasteiger partial charge in [0.25, 0.3) is 0 Å². The summed E-state index contributed by atoms with van der Waals surface area (Å²) >= 11 is 0. The van der Waals surface area contributed by atoms with E-state index in [1.54, 1.807) is 4.90 Å². The van der Waals surface area contributed by atoms with E-state index in [1.165, 1.54) is 5.69 Å². The molecule has 5 aromatic rings. The lowest BCUT2D eigenvalue weighted by Gasteiger charge is -2.43. The molecule has 7 rings (SSSR count). The van der Waals surface area contributed by atoms with Gasteiger partial charge in [0.05, 0.1) is 16.8 Å². The summed E-state index contributed by atoms with van der Waals surface area (Å²) < 4.78 is 14.5. The predicted molar refractivity (Wildman–Crippen MR) is 191 cm³/mol. The van der Waals surface area contributed by atoms with Gasteiger partial charge in [0.2, 0.25) is 11.8 Å². The van der Waals surface area contributed by atoms with Crippen molar-refractivity contribution in [3.05, 3.63) is 102 Å². The highest BCUT2D eigenvalue weighted by atomic mass is 16.5. The van der Waals surface area contributed by atoms with Crippen LogP contribution in [0.4, 0.5) is 10.5 Å². The Morgan fingerprint density at radius 3 is 2.20 bits per heavy atom. The summed E-state index contributed by atoms with van der Waals surface area (Å²) in [5, 5.41) is 15.4. The molecule has 2 aliphatic heterocycles. The first kappa shape index (κ1) is 32.5. The summed E-state index contributed by atoms with van der Waals surface area (Å²) in [5.74, 6) is 1.52. The van der Waals surface area contributed by atoms with Gasteiger partial charge in [-0.1, -0.05) is 72.8 Å². The number of pyridine rings is 1. The lowest BCUT2D eigenvalue weighted by atomic mass is 9.95. The molecule has 2 saturated heterocycles. The van der Waals surface area contributed by atoms with Crippen molar-refractivity contribution in [2.24, 2.45) is 13.0 Å². The Bertz CT molecular complexity index is 1870. The molecule has 0 spiro atoms. The molecule has 4 heterocycles. The van der Waals surface area contributed by atoms with Crippen molar-refractivity contribution >= 4 is 22.7 Å². The standard InChI is InChI=1S/C39H44N6O4/c1-28-24-45(23-22-44(28)25-29-18-20-43(21-19-29)39(46)47)34-15-9-14-32-36(41-42(2)37(32)34)33-16-17-35(48-26-30-10-5-3-6-11-30)40-38(33)49-27-31-12-7-4-8-13-31/h3-17,28-29H,18-27H2,1-2H3,(H,46,47)/t28-/m0/s1. The SMILES string of the molecule is C[C@H]1CN(c2cccc3c(-c4ccc(OCc5ccccc5)nc4OCc4ccccc4)nn(C)c23)CCN1CC1CCN(C(=O)O)CC1. The summed E-state index contributed by atoms with van der Waals surface area (Å²) in [5.41, 5.74) is 6.01. The fourth-order valence-electron chi connectivity index (χ4n) is 7.15. The van der Waals surface area contributed by atoms with Gasteiger partial charge < -0.3 is 24.4 Å². The molecule has 0 bridgehead atoms. The Balaban J connectivity index is 1.12. The van der Waals surface area contributed by atoms with Crippen LogP contribution < -0.4 is 14.4 Å². The first-order valence-electron chi connectivity index (χ1n) is 17.2. The van der Waals surface area contributed by atoms with Crippen molar-refractivity contribution in [3.8, 4) is 23.0 Å². The topological polar surface area (TPSA) is 96.2 Å². The Hall–Kier alpha value is -5.09. The van der Waals surface area contributed by atoms with Crippen LogP contribution in [-0.2, 0) is 20.3 Å². The van der Waals surface area contributed by atoms with Gasteiger partial charge in [-0.3, -0.25) is 9.58 Å². The number of aryl methyl sites for hydroxylation is 1. The predicted octanol–water partition coefficient (Wildman–Crippen LogP) is 6.69. The third kappa shape index (κ3) is 7.34. The minimum absolute atomic E-state index is 0.375. The molecule has 0 saturated carbocycles. The number of nitrogens with zero attached hydrogens (tertiary/aromatic N) is 6. The zero-order valence-electron chi connectivity index (χ0n) is 28.2. The van der Waals surface area contributed by atoms with Gasteiger partial charge in [0.1, 0.15) is 18.9 Å². The highest BCUT2D eigenvalue weighted by Crippen LogP contribution is 2.38. The first-order chi connectivity index (χ1) is 23.9. The van der Waals surface area contributed by atoms with Gasteiger partial charge in [0, 0.05) is 63.8 Å². The summed E-state index contributed by atoms with van der Waals surface area (Å²) in [6, 6.07) is 30.9. The molecule has 1 amide bonds. The number of anilines is 1. The van der Waals surface area contributed by atoms with Crippen LogP contribution in [0, 0.1) is 5.92 Å². The lowest BCUT2D eigenvalue weighted by molar-refractivity contribution is 0.101. The van der Waals surface area contributed by atoms with Crippen molar-refractivity contribution in [1.29, 1.82) is 0 Å². The van der Waals surface area contributed by atoms with Crippen molar-refractivity contribution in [2.75, 3.05) is 44.2 Å². The molecule has 0 aliphatic carbocycles. The van der Waals surface area contributed by atoms with Gasteiger partial charge in [0.15, 0.2) is 0 Å². The van der Waals surface area contributed by atoms with Crippen LogP contribution in [0.1, 0.15) is 30.9 Å². The summed E-state index contributed by atoms with van der Waals surface area (Å²) in [6.45, 7) is 8.17. The summed E-state index contributed by atoms with van der Waals surface area (Å²) in [6.07, 6.45) is 1.06. The van der Waals surface area contributed by atoms with Crippen molar-refractivity contribution < 1.29 is 19.4 Å². The van der Waals surface area contributed by atoms with Gasteiger partial charge >= 0.3 is 6.09 Å². The Morgan fingerprint density at radius 2 is 1.53 bits per heavy atom. The van der Waals surface area contributed by atoms with Crippen LogP contribution in [0.2, 0.25) is 0 Å². The molecule has 10 nitrogen and oxygen atoms in total. The molecule has 0 unspecified atom stereocenters. The van der Waals surface area contributed by atoms with E-state index in [4.69, 9.17) is 19.6 Å². The van der Waals surface area contributed by atoms with Crippen molar-refractivity contribution in [2.45, 2.75) is 39.0 Å². The molecule has 2 aromatic heterocycles. The Labute approximate surface area is 287 Å². The smallest absolute Gasteiger partial charge is 0.407 e. The number of carbonyl (C=O) groups is 1. The zero-order chi connectivity index (χ0) is 33.7. The second-order valence-corrected chi connectivity index (χ2v) is 13.2. The van der Waals surface area contributed by atoms with Crippen LogP contribution in [0.15, 0.2) is 91.0 Å². The fourth-order valence-corrected chi connectivity index (χ4v) is 7.15. The molecule has 0 radical (unpaired) electrons. The first-order valence-corrected chi connectivity index (χ1v) is 17.2. The molecule has 3 aromatic carbocycles. The van der Waals surface area contributed by atoms with E-state index in [0.29, 0.717) is 50.0 Å². The van der Waals surface area contributed by atoms with Crippen LogP contribution in [-0.4, -0.2) is 81.1 Å². The number of para-hydroxylation sites is 1. The number of fused-ring (bicyclic) bond motifs is 1. The third-order valence-electron chi connectivity index (χ3n) is 9.86. The highest BCUT2D eigenvalue weighted by Gasteiger charge is 2.30. The number of aromatic nitrogens is 3. The molecule has 1 N–H and O–H groups in total. The highest BCUT2D eigenvalue weighted by molar-refractivity contribution is 6.01. The normalized spacial score (nSPS) is 17.4. The van der Waals surface area contributed by atoms with Crippen LogP contribution in [0.5, 0.6) is 11.8 Å². The summed E-state index contributed by atoms with van der Waals surface area (Å²) in [4.78, 5) is 22.8. The van der Waals surface area contributed by atoms with Gasteiger partial charge in [-0.05, 0) is 48.9 Å². The van der Waals surface area contributed by atoms with E-state index in [9.17, 15) is 9.90 Å². The molecular formula is C39H44N6O4. The molecule has 49 heavy (non-hydrogen) atoms. The minimum atomic E-state index is -0.801. The number of carboxylic acid groups (broad SMARTS) is 1. The number of piperazine rings is 1. The number of hydrogen-bond donors (Lipinski definition) is 1. The van der Waals surface area contributed by atoms with Gasteiger partial charge in [-0.2, -0.15) is 10.1 Å². The summed E-state index contributed by atoms with van der Waals surface area (Å²) in [7, 11) is 2.01. The number of piperidine rings is 1. The molecule has 2 fully saturated rings. The molecular weight excluding hydrogens is 616 g/mol. The monoisotopic (exact) mass is 660 g/mol. The molecule has 2 aliphatic rings. The number of hydrogen-bond acceptors (Lipinski definition) is 7. The van der Waals surface area contributed by atoms with Gasteiger partial charge in [-0.15, -0.1) is 0 Å². The van der Waals surface area contributed by atoms with E-state index in [2.05, 4.69) is 34.9 Å². The van der Waals surface area contributed by atoms with E-state index in [-0.39, 0.29) is 0 Å². The van der Waals surface area contributed by atoms with E-state index >= 15 is 0 Å². The quantitative estimate of drug-likeness (QED) is 0.177. The average molecular weight is 661 g/mol.